The van der Waals surface area contributed by atoms with Gasteiger partial charge in [-0.3, -0.25) is 0 Å². The monoisotopic (exact) mass is 302 g/mol. The van der Waals surface area contributed by atoms with Crippen LogP contribution in [-0.2, 0) is 4.74 Å². The topological polar surface area (TPSA) is 89.1 Å². The van der Waals surface area contributed by atoms with E-state index in [9.17, 15) is 15.0 Å². The van der Waals surface area contributed by atoms with Gasteiger partial charge < -0.3 is 24.1 Å². The third kappa shape index (κ3) is 2.56. The number of benzene rings is 1. The Labute approximate surface area is 126 Å². The Bertz CT molecular complexity index is 743. The van der Waals surface area contributed by atoms with Crippen molar-refractivity contribution < 1.29 is 28.9 Å². The number of phenolic OH excluding ortho intramolecular Hbond substituents is 1. The molecule has 22 heavy (non-hydrogen) atoms. The number of carbonyl (C=O) groups is 1. The van der Waals surface area contributed by atoms with Crippen molar-refractivity contribution in [2.75, 3.05) is 6.61 Å². The molecule has 2 heterocycles. The molecule has 2 N–H and O–H groups in total. The van der Waals surface area contributed by atoms with E-state index < -0.39 is 12.3 Å². The molecule has 0 radical (unpaired) electrons. The van der Waals surface area contributed by atoms with Crippen molar-refractivity contribution in [1.29, 1.82) is 0 Å². The highest BCUT2D eigenvalue weighted by Crippen LogP contribution is 2.36. The number of carbonyl (C=O) groups excluding carboxylic acids is 1. The largest absolute Gasteiger partial charge is 0.508 e. The first-order valence-electron chi connectivity index (χ1n) is 6.75. The summed E-state index contributed by atoms with van der Waals surface area (Å²) in [5.74, 6) is 0.223. The molecular formula is C16H14O6. The average molecular weight is 302 g/mol. The zero-order valence-corrected chi connectivity index (χ0v) is 11.8. The van der Waals surface area contributed by atoms with E-state index in [1.54, 1.807) is 25.1 Å². The van der Waals surface area contributed by atoms with E-state index >= 15 is 0 Å². The van der Waals surface area contributed by atoms with Gasteiger partial charge in [-0.1, -0.05) is 0 Å². The van der Waals surface area contributed by atoms with Crippen LogP contribution in [0.1, 0.15) is 28.8 Å². The predicted molar refractivity (Wildman–Crippen MR) is 77.3 cm³/mol. The van der Waals surface area contributed by atoms with Crippen molar-refractivity contribution in [2.24, 2.45) is 0 Å². The lowest BCUT2D eigenvalue weighted by Gasteiger charge is -2.22. The second-order valence-electron chi connectivity index (χ2n) is 4.68. The molecular weight excluding hydrogens is 288 g/mol. The Morgan fingerprint density at radius 2 is 2.14 bits per heavy atom. The number of aromatic hydroxyl groups is 1. The fraction of sp³-hybridized carbons (Fsp3) is 0.188. The number of ether oxygens (including phenoxy) is 2. The van der Waals surface area contributed by atoms with Gasteiger partial charge in [0, 0.05) is 11.6 Å². The molecule has 1 atom stereocenters. The van der Waals surface area contributed by atoms with E-state index in [1.807, 2.05) is 0 Å². The molecule has 0 saturated heterocycles. The Kier molecular flexibility index (Phi) is 3.60. The van der Waals surface area contributed by atoms with Gasteiger partial charge in [-0.05, 0) is 37.3 Å². The summed E-state index contributed by atoms with van der Waals surface area (Å²) in [4.78, 5) is 11.6. The number of hydrogen-bond donors (Lipinski definition) is 2. The molecule has 0 saturated carbocycles. The lowest BCUT2D eigenvalue weighted by molar-refractivity contribution is 0.0301. The average Bonchev–Trinajstić information content (AvgIpc) is 2.96. The maximum Gasteiger partial charge on any atom is 0.374 e. The van der Waals surface area contributed by atoms with Gasteiger partial charge >= 0.3 is 5.97 Å². The molecule has 0 spiro atoms. The van der Waals surface area contributed by atoms with Crippen LogP contribution in [-0.4, -0.2) is 29.1 Å². The van der Waals surface area contributed by atoms with Gasteiger partial charge in [0.1, 0.15) is 17.3 Å². The number of esters is 1. The van der Waals surface area contributed by atoms with Crippen LogP contribution in [0.25, 0.3) is 11.6 Å². The summed E-state index contributed by atoms with van der Waals surface area (Å²) in [6.07, 6.45) is 0.423. The molecule has 3 rings (SSSR count). The molecule has 6 nitrogen and oxygen atoms in total. The van der Waals surface area contributed by atoms with Crippen LogP contribution in [0.3, 0.4) is 0 Å². The zero-order chi connectivity index (χ0) is 15.7. The van der Waals surface area contributed by atoms with Crippen molar-refractivity contribution in [1.82, 2.24) is 0 Å². The molecule has 1 aromatic carbocycles. The number of furan rings is 1. The summed E-state index contributed by atoms with van der Waals surface area (Å²) < 4.78 is 15.6. The van der Waals surface area contributed by atoms with Crippen molar-refractivity contribution in [3.8, 4) is 11.5 Å². The fourth-order valence-corrected chi connectivity index (χ4v) is 2.16. The van der Waals surface area contributed by atoms with Crippen LogP contribution < -0.4 is 4.74 Å². The minimum absolute atomic E-state index is 0.0467. The summed E-state index contributed by atoms with van der Waals surface area (Å²) in [6, 6.07) is 7.63. The molecule has 6 heteroatoms. The molecule has 2 aromatic rings. The highest BCUT2D eigenvalue weighted by atomic mass is 16.6. The molecule has 0 amide bonds. The third-order valence-corrected chi connectivity index (χ3v) is 3.18. The minimum Gasteiger partial charge on any atom is -0.508 e. The Hall–Kier alpha value is -2.73. The Morgan fingerprint density at radius 1 is 1.32 bits per heavy atom. The summed E-state index contributed by atoms with van der Waals surface area (Å²) >= 11 is 0. The summed E-state index contributed by atoms with van der Waals surface area (Å²) in [6.45, 7) is 1.95. The molecule has 0 aliphatic carbocycles. The molecule has 0 bridgehead atoms. The van der Waals surface area contributed by atoms with E-state index in [2.05, 4.69) is 0 Å². The summed E-state index contributed by atoms with van der Waals surface area (Å²) in [5.41, 5.74) is 1.07. The predicted octanol–water partition coefficient (Wildman–Crippen LogP) is 2.41. The number of rotatable bonds is 3. The van der Waals surface area contributed by atoms with Crippen LogP contribution in [0.15, 0.2) is 34.7 Å². The first-order valence-corrected chi connectivity index (χ1v) is 6.75. The van der Waals surface area contributed by atoms with Crippen molar-refractivity contribution in [2.45, 2.75) is 13.2 Å². The number of fused-ring (bicyclic) bond motifs is 1. The van der Waals surface area contributed by atoms with Crippen LogP contribution in [0.4, 0.5) is 0 Å². The summed E-state index contributed by atoms with van der Waals surface area (Å²) in [5, 5.41) is 19.5. The summed E-state index contributed by atoms with van der Waals surface area (Å²) in [7, 11) is 0. The number of hydrogen-bond acceptors (Lipinski definition) is 6. The van der Waals surface area contributed by atoms with Crippen molar-refractivity contribution in [3.05, 3.63) is 47.4 Å². The zero-order valence-electron chi connectivity index (χ0n) is 11.8. The van der Waals surface area contributed by atoms with E-state index in [-0.39, 0.29) is 18.1 Å². The van der Waals surface area contributed by atoms with Gasteiger partial charge in [0.2, 0.25) is 12.1 Å². The first-order chi connectivity index (χ1) is 10.6. The lowest BCUT2D eigenvalue weighted by Crippen LogP contribution is -2.20. The normalized spacial score (nSPS) is 16.5. The smallest absolute Gasteiger partial charge is 0.374 e. The lowest BCUT2D eigenvalue weighted by atomic mass is 10.0. The SMILES string of the molecule is CCOC(=O)c1ccc(C2=Cc3ccc(O)cc3OC2O)o1. The molecule has 1 unspecified atom stereocenters. The highest BCUT2D eigenvalue weighted by Gasteiger charge is 2.25. The van der Waals surface area contributed by atoms with E-state index in [1.165, 1.54) is 18.2 Å². The maximum atomic E-state index is 11.6. The van der Waals surface area contributed by atoms with Gasteiger partial charge in [0.25, 0.3) is 0 Å². The minimum atomic E-state index is -1.25. The van der Waals surface area contributed by atoms with Gasteiger partial charge in [0.15, 0.2) is 0 Å². The fourth-order valence-electron chi connectivity index (χ4n) is 2.16. The standard InChI is InChI=1S/C16H14O6/c1-2-20-16(19)13-6-5-12(21-13)11-7-9-3-4-10(17)8-14(9)22-15(11)18/h3-8,15,17-18H,2H2,1H3. The third-order valence-electron chi connectivity index (χ3n) is 3.18. The first kappa shape index (κ1) is 14.2. The molecule has 1 aliphatic heterocycles. The van der Waals surface area contributed by atoms with Crippen LogP contribution >= 0.6 is 0 Å². The van der Waals surface area contributed by atoms with Gasteiger partial charge in [-0.25, -0.2) is 4.79 Å². The number of phenols is 1. The van der Waals surface area contributed by atoms with Crippen molar-refractivity contribution >= 4 is 17.6 Å². The van der Waals surface area contributed by atoms with E-state index in [4.69, 9.17) is 13.9 Å². The quantitative estimate of drug-likeness (QED) is 0.846. The van der Waals surface area contributed by atoms with Crippen LogP contribution in [0.2, 0.25) is 0 Å². The Morgan fingerprint density at radius 3 is 2.91 bits per heavy atom. The second kappa shape index (κ2) is 5.57. The van der Waals surface area contributed by atoms with Crippen LogP contribution in [0.5, 0.6) is 11.5 Å². The van der Waals surface area contributed by atoms with Gasteiger partial charge in [-0.15, -0.1) is 0 Å². The Balaban J connectivity index is 1.94. The molecule has 114 valence electrons. The number of aliphatic hydroxyl groups excluding tert-OH is 1. The second-order valence-corrected chi connectivity index (χ2v) is 4.68. The van der Waals surface area contributed by atoms with E-state index in [0.717, 1.165) is 0 Å². The number of aliphatic hydroxyl groups is 1. The highest BCUT2D eigenvalue weighted by molar-refractivity contribution is 5.89. The van der Waals surface area contributed by atoms with Gasteiger partial charge in [-0.2, -0.15) is 0 Å². The molecule has 1 aromatic heterocycles. The molecule has 0 fully saturated rings. The van der Waals surface area contributed by atoms with Crippen molar-refractivity contribution in [3.63, 3.8) is 0 Å². The van der Waals surface area contributed by atoms with Gasteiger partial charge in [0.05, 0.1) is 12.2 Å². The van der Waals surface area contributed by atoms with E-state index in [0.29, 0.717) is 22.6 Å². The molecule has 1 aliphatic rings. The van der Waals surface area contributed by atoms with Crippen LogP contribution in [0, 0.1) is 0 Å². The maximum absolute atomic E-state index is 11.6.